The number of nitrogens with zero attached hydrogens (tertiary/aromatic N) is 1. The van der Waals surface area contributed by atoms with Gasteiger partial charge < -0.3 is 19.4 Å². The quantitative estimate of drug-likeness (QED) is 0.587. The van der Waals surface area contributed by atoms with Gasteiger partial charge in [0, 0.05) is 41.5 Å². The van der Waals surface area contributed by atoms with Crippen LogP contribution in [0, 0.1) is 6.92 Å². The molecule has 0 aliphatic carbocycles. The summed E-state index contributed by atoms with van der Waals surface area (Å²) in [7, 11) is 0. The van der Waals surface area contributed by atoms with Crippen LogP contribution in [-0.4, -0.2) is 25.6 Å². The van der Waals surface area contributed by atoms with Crippen molar-refractivity contribution in [2.75, 3.05) is 29.9 Å². The molecule has 0 bridgehead atoms. The molecule has 1 N–H and O–H groups in total. The van der Waals surface area contributed by atoms with Crippen LogP contribution >= 0.6 is 0 Å². The number of carbonyl (C=O) groups excluding carboxylic acids is 1. The lowest BCUT2D eigenvalue weighted by Gasteiger charge is -2.28. The number of nitrogens with one attached hydrogen (secondary N) is 1. The van der Waals surface area contributed by atoms with E-state index in [1.165, 1.54) is 31.0 Å². The standard InChI is InChI=1S/C25H28N2O4/c1-3-18-15-24(29)31-25-17(2)22(12-11-21(18)25)30-16-23(28)26-19-7-9-20(10-8-19)27-13-5-4-6-14-27/h7-12,15H,3-6,13-14,16H2,1-2H3,(H,26,28). The van der Waals surface area contributed by atoms with Crippen LogP contribution in [-0.2, 0) is 11.2 Å². The molecule has 6 nitrogen and oxygen atoms in total. The SMILES string of the molecule is CCc1cc(=O)oc2c(C)c(OCC(=O)Nc3ccc(N4CCCCC4)cc3)ccc12. The van der Waals surface area contributed by atoms with Gasteiger partial charge in [-0.1, -0.05) is 6.92 Å². The van der Waals surface area contributed by atoms with Gasteiger partial charge in [0.25, 0.3) is 5.91 Å². The Kier molecular flexibility index (Phi) is 6.26. The summed E-state index contributed by atoms with van der Waals surface area (Å²) in [5.74, 6) is 0.286. The summed E-state index contributed by atoms with van der Waals surface area (Å²) in [4.78, 5) is 26.6. The third-order valence-electron chi connectivity index (χ3n) is 5.81. The minimum absolute atomic E-state index is 0.127. The fourth-order valence-electron chi connectivity index (χ4n) is 4.10. The van der Waals surface area contributed by atoms with Crippen molar-refractivity contribution in [3.05, 3.63) is 64.0 Å². The number of amides is 1. The smallest absolute Gasteiger partial charge is 0.336 e. The van der Waals surface area contributed by atoms with Gasteiger partial charge in [-0.05, 0) is 74.6 Å². The zero-order chi connectivity index (χ0) is 21.8. The van der Waals surface area contributed by atoms with E-state index in [0.717, 1.165) is 36.1 Å². The third-order valence-corrected chi connectivity index (χ3v) is 5.81. The van der Waals surface area contributed by atoms with Crippen molar-refractivity contribution >= 4 is 28.3 Å². The van der Waals surface area contributed by atoms with E-state index in [1.54, 1.807) is 0 Å². The number of aryl methyl sites for hydroxylation is 2. The Hall–Kier alpha value is -3.28. The van der Waals surface area contributed by atoms with E-state index in [-0.39, 0.29) is 18.1 Å². The van der Waals surface area contributed by atoms with E-state index >= 15 is 0 Å². The Morgan fingerprint density at radius 2 is 1.84 bits per heavy atom. The average Bonchev–Trinajstić information content (AvgIpc) is 2.79. The third kappa shape index (κ3) is 4.74. The molecule has 1 fully saturated rings. The second kappa shape index (κ2) is 9.25. The first-order chi connectivity index (χ1) is 15.0. The minimum Gasteiger partial charge on any atom is -0.483 e. The number of benzene rings is 2. The summed E-state index contributed by atoms with van der Waals surface area (Å²) >= 11 is 0. The molecule has 3 aromatic rings. The highest BCUT2D eigenvalue weighted by Gasteiger charge is 2.13. The molecule has 1 aliphatic heterocycles. The molecule has 0 spiro atoms. The molecule has 0 radical (unpaired) electrons. The summed E-state index contributed by atoms with van der Waals surface area (Å²) in [6.07, 6.45) is 4.49. The highest BCUT2D eigenvalue weighted by atomic mass is 16.5. The Balaban J connectivity index is 1.40. The van der Waals surface area contributed by atoms with Gasteiger partial charge in [0.15, 0.2) is 6.61 Å². The van der Waals surface area contributed by atoms with Gasteiger partial charge in [0.2, 0.25) is 0 Å². The predicted molar refractivity (Wildman–Crippen MR) is 123 cm³/mol. The van der Waals surface area contributed by atoms with Crippen LogP contribution in [0.4, 0.5) is 11.4 Å². The molecule has 0 saturated carbocycles. The van der Waals surface area contributed by atoms with Gasteiger partial charge in [-0.15, -0.1) is 0 Å². The zero-order valence-electron chi connectivity index (χ0n) is 18.1. The van der Waals surface area contributed by atoms with Crippen molar-refractivity contribution in [1.29, 1.82) is 0 Å². The molecule has 1 saturated heterocycles. The monoisotopic (exact) mass is 420 g/mol. The molecule has 1 amide bonds. The van der Waals surface area contributed by atoms with Crippen LogP contribution in [0.1, 0.15) is 37.3 Å². The van der Waals surface area contributed by atoms with E-state index in [4.69, 9.17) is 9.15 Å². The number of hydrogen-bond donors (Lipinski definition) is 1. The second-order valence-corrected chi connectivity index (χ2v) is 7.94. The number of hydrogen-bond acceptors (Lipinski definition) is 5. The molecule has 1 aliphatic rings. The molecular formula is C25H28N2O4. The van der Waals surface area contributed by atoms with Crippen molar-refractivity contribution < 1.29 is 13.9 Å². The maximum absolute atomic E-state index is 12.4. The van der Waals surface area contributed by atoms with Gasteiger partial charge in [-0.2, -0.15) is 0 Å². The van der Waals surface area contributed by atoms with E-state index in [0.29, 0.717) is 16.9 Å². The fraction of sp³-hybridized carbons (Fsp3) is 0.360. The van der Waals surface area contributed by atoms with Gasteiger partial charge in [-0.25, -0.2) is 4.79 Å². The lowest BCUT2D eigenvalue weighted by Crippen LogP contribution is -2.29. The first-order valence-corrected chi connectivity index (χ1v) is 10.9. The van der Waals surface area contributed by atoms with Crippen molar-refractivity contribution in [2.45, 2.75) is 39.5 Å². The Morgan fingerprint density at radius 1 is 1.10 bits per heavy atom. The van der Waals surface area contributed by atoms with Crippen molar-refractivity contribution in [3.63, 3.8) is 0 Å². The minimum atomic E-state index is -0.379. The molecule has 4 rings (SSSR count). The van der Waals surface area contributed by atoms with Crippen LogP contribution < -0.4 is 20.6 Å². The fourth-order valence-corrected chi connectivity index (χ4v) is 4.10. The number of carbonyl (C=O) groups is 1. The zero-order valence-corrected chi connectivity index (χ0v) is 18.1. The summed E-state index contributed by atoms with van der Waals surface area (Å²) in [5, 5.41) is 3.76. The number of fused-ring (bicyclic) bond motifs is 1. The average molecular weight is 421 g/mol. The van der Waals surface area contributed by atoms with E-state index in [1.807, 2.05) is 50.2 Å². The molecule has 0 atom stereocenters. The molecule has 2 heterocycles. The number of anilines is 2. The second-order valence-electron chi connectivity index (χ2n) is 7.94. The lowest BCUT2D eigenvalue weighted by atomic mass is 10.0. The Bertz CT molecular complexity index is 1130. The topological polar surface area (TPSA) is 71.8 Å². The summed E-state index contributed by atoms with van der Waals surface area (Å²) in [6, 6.07) is 13.1. The first kappa shape index (κ1) is 21.0. The van der Waals surface area contributed by atoms with E-state index < -0.39 is 0 Å². The normalized spacial score (nSPS) is 13.9. The number of ether oxygens (including phenoxy) is 1. The Morgan fingerprint density at radius 3 is 2.55 bits per heavy atom. The highest BCUT2D eigenvalue weighted by molar-refractivity contribution is 5.92. The van der Waals surface area contributed by atoms with Crippen molar-refractivity contribution in [2.24, 2.45) is 0 Å². The highest BCUT2D eigenvalue weighted by Crippen LogP contribution is 2.28. The van der Waals surface area contributed by atoms with Gasteiger partial charge in [-0.3, -0.25) is 4.79 Å². The lowest BCUT2D eigenvalue weighted by molar-refractivity contribution is -0.118. The number of piperidine rings is 1. The maximum Gasteiger partial charge on any atom is 0.336 e. The molecule has 1 aromatic heterocycles. The molecular weight excluding hydrogens is 392 g/mol. The largest absolute Gasteiger partial charge is 0.483 e. The molecule has 31 heavy (non-hydrogen) atoms. The molecule has 0 unspecified atom stereocenters. The van der Waals surface area contributed by atoms with E-state index in [9.17, 15) is 9.59 Å². The first-order valence-electron chi connectivity index (χ1n) is 10.9. The summed E-state index contributed by atoms with van der Waals surface area (Å²) < 4.78 is 11.1. The summed E-state index contributed by atoms with van der Waals surface area (Å²) in [6.45, 7) is 5.88. The Labute approximate surface area is 181 Å². The molecule has 6 heteroatoms. The number of rotatable bonds is 6. The van der Waals surface area contributed by atoms with Crippen LogP contribution in [0.5, 0.6) is 5.75 Å². The van der Waals surface area contributed by atoms with Crippen molar-refractivity contribution in [3.8, 4) is 5.75 Å². The maximum atomic E-state index is 12.4. The van der Waals surface area contributed by atoms with Gasteiger partial charge in [0.1, 0.15) is 11.3 Å². The molecule has 2 aromatic carbocycles. The summed E-state index contributed by atoms with van der Waals surface area (Å²) in [5.41, 5.74) is 3.71. The van der Waals surface area contributed by atoms with Crippen LogP contribution in [0.15, 0.2) is 51.7 Å². The van der Waals surface area contributed by atoms with Gasteiger partial charge in [0.05, 0.1) is 0 Å². The van der Waals surface area contributed by atoms with E-state index in [2.05, 4.69) is 10.2 Å². The predicted octanol–water partition coefficient (Wildman–Crippen LogP) is 4.67. The van der Waals surface area contributed by atoms with Gasteiger partial charge >= 0.3 is 5.63 Å². The van der Waals surface area contributed by atoms with Crippen LogP contribution in [0.2, 0.25) is 0 Å². The van der Waals surface area contributed by atoms with Crippen LogP contribution in [0.25, 0.3) is 11.0 Å². The molecule has 162 valence electrons. The van der Waals surface area contributed by atoms with Crippen molar-refractivity contribution in [1.82, 2.24) is 0 Å². The van der Waals surface area contributed by atoms with Crippen LogP contribution in [0.3, 0.4) is 0 Å².